The van der Waals surface area contributed by atoms with Crippen LogP contribution in [0.4, 0.5) is 0 Å². The van der Waals surface area contributed by atoms with Crippen LogP contribution in [0.25, 0.3) is 0 Å². The zero-order valence-corrected chi connectivity index (χ0v) is 10.8. The smallest absolute Gasteiger partial charge is 0.0616 e. The Morgan fingerprint density at radius 1 is 1.25 bits per heavy atom. The van der Waals surface area contributed by atoms with Crippen LogP contribution in [0.1, 0.15) is 30.5 Å². The van der Waals surface area contributed by atoms with E-state index in [1.165, 1.54) is 16.7 Å². The summed E-state index contributed by atoms with van der Waals surface area (Å²) in [4.78, 5) is 0. The first-order valence-corrected chi connectivity index (χ1v) is 6.00. The van der Waals surface area contributed by atoms with E-state index in [4.69, 9.17) is 4.74 Å². The van der Waals surface area contributed by atoms with Crippen LogP contribution in [-0.2, 0) is 11.3 Å². The van der Waals surface area contributed by atoms with Gasteiger partial charge in [0, 0.05) is 19.2 Å². The quantitative estimate of drug-likeness (QED) is 0.797. The molecule has 1 atom stereocenters. The second-order valence-electron chi connectivity index (χ2n) is 4.36. The van der Waals surface area contributed by atoms with Gasteiger partial charge in [-0.3, -0.25) is 0 Å². The first-order chi connectivity index (χ1) is 7.63. The van der Waals surface area contributed by atoms with Gasteiger partial charge in [0.25, 0.3) is 0 Å². The SMILES string of the molecule is CCOCC(C)NCc1ccc(C)c(C)c1. The molecule has 1 aromatic carbocycles. The van der Waals surface area contributed by atoms with E-state index >= 15 is 0 Å². The Morgan fingerprint density at radius 2 is 2.00 bits per heavy atom. The molecular weight excluding hydrogens is 198 g/mol. The maximum atomic E-state index is 5.36. The van der Waals surface area contributed by atoms with Crippen molar-refractivity contribution < 1.29 is 4.74 Å². The number of hydrogen-bond acceptors (Lipinski definition) is 2. The fourth-order valence-electron chi connectivity index (χ4n) is 1.56. The molecule has 0 heterocycles. The van der Waals surface area contributed by atoms with Gasteiger partial charge >= 0.3 is 0 Å². The van der Waals surface area contributed by atoms with Gasteiger partial charge in [-0.1, -0.05) is 18.2 Å². The van der Waals surface area contributed by atoms with Crippen LogP contribution in [0.3, 0.4) is 0 Å². The van der Waals surface area contributed by atoms with Crippen LogP contribution >= 0.6 is 0 Å². The Hall–Kier alpha value is -0.860. The van der Waals surface area contributed by atoms with Gasteiger partial charge in [-0.05, 0) is 44.4 Å². The molecule has 0 spiro atoms. The fraction of sp³-hybridized carbons (Fsp3) is 0.571. The van der Waals surface area contributed by atoms with Gasteiger partial charge < -0.3 is 10.1 Å². The van der Waals surface area contributed by atoms with Crippen LogP contribution in [0.2, 0.25) is 0 Å². The lowest BCUT2D eigenvalue weighted by Gasteiger charge is -2.14. The Kier molecular flexibility index (Phi) is 5.50. The summed E-state index contributed by atoms with van der Waals surface area (Å²) >= 11 is 0. The molecule has 0 aromatic heterocycles. The summed E-state index contributed by atoms with van der Waals surface area (Å²) in [5.74, 6) is 0. The van der Waals surface area contributed by atoms with Gasteiger partial charge in [-0.15, -0.1) is 0 Å². The number of ether oxygens (including phenoxy) is 1. The van der Waals surface area contributed by atoms with Crippen molar-refractivity contribution in [1.82, 2.24) is 5.32 Å². The summed E-state index contributed by atoms with van der Waals surface area (Å²) in [6.45, 7) is 11.0. The third kappa shape index (κ3) is 4.33. The molecule has 1 rings (SSSR count). The summed E-state index contributed by atoms with van der Waals surface area (Å²) in [7, 11) is 0. The van der Waals surface area contributed by atoms with Gasteiger partial charge in [0.15, 0.2) is 0 Å². The highest BCUT2D eigenvalue weighted by molar-refractivity contribution is 5.29. The Balaban J connectivity index is 2.39. The number of aryl methyl sites for hydroxylation is 2. The first-order valence-electron chi connectivity index (χ1n) is 6.00. The van der Waals surface area contributed by atoms with Crippen LogP contribution in [-0.4, -0.2) is 19.3 Å². The molecular formula is C14H23NO. The monoisotopic (exact) mass is 221 g/mol. The molecule has 16 heavy (non-hydrogen) atoms. The maximum absolute atomic E-state index is 5.36. The molecule has 90 valence electrons. The van der Waals surface area contributed by atoms with E-state index in [0.717, 1.165) is 19.8 Å². The topological polar surface area (TPSA) is 21.3 Å². The molecule has 0 saturated heterocycles. The lowest BCUT2D eigenvalue weighted by atomic mass is 10.1. The van der Waals surface area contributed by atoms with Crippen molar-refractivity contribution in [3.63, 3.8) is 0 Å². The largest absolute Gasteiger partial charge is 0.380 e. The van der Waals surface area contributed by atoms with E-state index < -0.39 is 0 Å². The third-order valence-corrected chi connectivity index (χ3v) is 2.80. The van der Waals surface area contributed by atoms with Crippen LogP contribution in [0.5, 0.6) is 0 Å². The van der Waals surface area contributed by atoms with Crippen molar-refractivity contribution in [3.05, 3.63) is 34.9 Å². The predicted octanol–water partition coefficient (Wildman–Crippen LogP) is 2.82. The van der Waals surface area contributed by atoms with Crippen molar-refractivity contribution >= 4 is 0 Å². The second kappa shape index (κ2) is 6.66. The first kappa shape index (κ1) is 13.2. The minimum Gasteiger partial charge on any atom is -0.380 e. The normalized spacial score (nSPS) is 12.8. The lowest BCUT2D eigenvalue weighted by Crippen LogP contribution is -2.30. The van der Waals surface area contributed by atoms with Gasteiger partial charge in [0.2, 0.25) is 0 Å². The average Bonchev–Trinajstić information content (AvgIpc) is 2.28. The molecule has 1 N–H and O–H groups in total. The van der Waals surface area contributed by atoms with E-state index in [1.807, 2.05) is 6.92 Å². The zero-order valence-electron chi connectivity index (χ0n) is 10.8. The molecule has 0 radical (unpaired) electrons. The molecule has 0 aliphatic carbocycles. The summed E-state index contributed by atoms with van der Waals surface area (Å²) in [5, 5.41) is 3.46. The van der Waals surface area contributed by atoms with Gasteiger partial charge in [0.1, 0.15) is 0 Å². The van der Waals surface area contributed by atoms with Crippen molar-refractivity contribution in [2.24, 2.45) is 0 Å². The van der Waals surface area contributed by atoms with E-state index in [1.54, 1.807) is 0 Å². The zero-order chi connectivity index (χ0) is 12.0. The Labute approximate surface area is 99.0 Å². The summed E-state index contributed by atoms with van der Waals surface area (Å²) in [5.41, 5.74) is 4.05. The van der Waals surface area contributed by atoms with Gasteiger partial charge in [-0.2, -0.15) is 0 Å². The number of benzene rings is 1. The average molecular weight is 221 g/mol. The van der Waals surface area contributed by atoms with Crippen LogP contribution < -0.4 is 5.32 Å². The summed E-state index contributed by atoms with van der Waals surface area (Å²) in [6, 6.07) is 7.01. The molecule has 0 fully saturated rings. The second-order valence-corrected chi connectivity index (χ2v) is 4.36. The molecule has 2 nitrogen and oxygen atoms in total. The van der Waals surface area contributed by atoms with Gasteiger partial charge in [0.05, 0.1) is 6.61 Å². The van der Waals surface area contributed by atoms with Gasteiger partial charge in [-0.25, -0.2) is 0 Å². The number of nitrogens with one attached hydrogen (secondary N) is 1. The van der Waals surface area contributed by atoms with Crippen LogP contribution in [0.15, 0.2) is 18.2 Å². The Bertz CT molecular complexity index is 323. The summed E-state index contributed by atoms with van der Waals surface area (Å²) in [6.07, 6.45) is 0. The number of rotatable bonds is 6. The van der Waals surface area contributed by atoms with Crippen molar-refractivity contribution in [3.8, 4) is 0 Å². The minimum absolute atomic E-state index is 0.404. The fourth-order valence-corrected chi connectivity index (χ4v) is 1.56. The molecule has 1 aromatic rings. The maximum Gasteiger partial charge on any atom is 0.0616 e. The molecule has 0 aliphatic heterocycles. The van der Waals surface area contributed by atoms with Crippen LogP contribution in [0, 0.1) is 13.8 Å². The molecule has 0 amide bonds. The molecule has 1 unspecified atom stereocenters. The Morgan fingerprint density at radius 3 is 2.62 bits per heavy atom. The van der Waals surface area contributed by atoms with Crippen molar-refractivity contribution in [2.45, 2.75) is 40.3 Å². The number of hydrogen-bond donors (Lipinski definition) is 1. The highest BCUT2D eigenvalue weighted by Gasteiger charge is 2.01. The predicted molar refractivity (Wildman–Crippen MR) is 68.7 cm³/mol. The lowest BCUT2D eigenvalue weighted by molar-refractivity contribution is 0.127. The van der Waals surface area contributed by atoms with E-state index in [-0.39, 0.29) is 0 Å². The van der Waals surface area contributed by atoms with Crippen molar-refractivity contribution in [1.29, 1.82) is 0 Å². The molecule has 2 heteroatoms. The van der Waals surface area contributed by atoms with E-state index in [2.05, 4.69) is 44.3 Å². The standard InChI is InChI=1S/C14H23NO/c1-5-16-10-13(4)15-9-14-7-6-11(2)12(3)8-14/h6-8,13,15H,5,9-10H2,1-4H3. The van der Waals surface area contributed by atoms with Crippen molar-refractivity contribution in [2.75, 3.05) is 13.2 Å². The third-order valence-electron chi connectivity index (χ3n) is 2.80. The highest BCUT2D eigenvalue weighted by atomic mass is 16.5. The molecule has 0 aliphatic rings. The minimum atomic E-state index is 0.404. The molecule has 0 bridgehead atoms. The summed E-state index contributed by atoms with van der Waals surface area (Å²) < 4.78 is 5.36. The van der Waals surface area contributed by atoms with E-state index in [9.17, 15) is 0 Å². The van der Waals surface area contributed by atoms with E-state index in [0.29, 0.717) is 6.04 Å². The molecule has 0 saturated carbocycles. The highest BCUT2D eigenvalue weighted by Crippen LogP contribution is 2.09.